The zero-order valence-electron chi connectivity index (χ0n) is 21.5. The van der Waals surface area contributed by atoms with E-state index >= 15 is 0 Å². The van der Waals surface area contributed by atoms with E-state index in [9.17, 15) is 9.90 Å². The van der Waals surface area contributed by atoms with Crippen LogP contribution in [0.15, 0.2) is 24.3 Å². The molecule has 1 N–H and O–H groups in total. The second kappa shape index (κ2) is 24.0. The number of rotatable bonds is 25. The Hall–Kier alpha value is -1.71. The zero-order valence-corrected chi connectivity index (χ0v) is 21.5. The largest absolute Gasteiger partial charge is 0.508 e. The Morgan fingerprint density at radius 2 is 0.971 bits per heavy atom. The van der Waals surface area contributed by atoms with Crippen LogP contribution in [-0.2, 0) is 28.4 Å². The molecule has 0 aliphatic rings. The third-order valence-corrected chi connectivity index (χ3v) is 5.19. The van der Waals surface area contributed by atoms with Gasteiger partial charge in [-0.15, -0.1) is 0 Å². The van der Waals surface area contributed by atoms with Crippen LogP contribution < -0.4 is 0 Å². The number of phenols is 1. The predicted octanol–water partition coefficient (Wildman–Crippen LogP) is 4.77. The van der Waals surface area contributed by atoms with Crippen molar-refractivity contribution in [2.45, 2.75) is 58.3 Å². The van der Waals surface area contributed by atoms with Gasteiger partial charge in [-0.25, -0.2) is 4.79 Å². The number of benzene rings is 1. The molecule has 35 heavy (non-hydrogen) atoms. The number of esters is 1. The number of hydrogen-bond acceptors (Lipinski definition) is 8. The highest BCUT2D eigenvalue weighted by atomic mass is 16.6. The Bertz CT molecular complexity index is 593. The van der Waals surface area contributed by atoms with Crippen molar-refractivity contribution in [1.29, 1.82) is 0 Å². The maximum absolute atomic E-state index is 11.8. The topological polar surface area (TPSA) is 92.7 Å². The molecule has 1 rings (SSSR count). The van der Waals surface area contributed by atoms with Gasteiger partial charge in [0.25, 0.3) is 0 Å². The Morgan fingerprint density at radius 1 is 0.571 bits per heavy atom. The summed E-state index contributed by atoms with van der Waals surface area (Å²) in [6.07, 6.45) is 10.5. The summed E-state index contributed by atoms with van der Waals surface area (Å²) in [5, 5.41) is 9.21. The van der Waals surface area contributed by atoms with E-state index in [0.29, 0.717) is 65.0 Å². The van der Waals surface area contributed by atoms with Crippen LogP contribution >= 0.6 is 0 Å². The molecule has 0 fully saturated rings. The summed E-state index contributed by atoms with van der Waals surface area (Å²) < 4.78 is 32.4. The molecule has 0 saturated carbocycles. The molecule has 0 amide bonds. The van der Waals surface area contributed by atoms with Crippen LogP contribution in [0.3, 0.4) is 0 Å². The van der Waals surface area contributed by atoms with Gasteiger partial charge in [-0.3, -0.25) is 0 Å². The average Bonchev–Trinajstić information content (AvgIpc) is 2.87. The summed E-state index contributed by atoms with van der Waals surface area (Å²) in [6.45, 7) is 7.69. The van der Waals surface area contributed by atoms with Crippen LogP contribution in [0.4, 0.5) is 0 Å². The fraction of sp³-hybridized carbons (Fsp3) is 0.741. The molecule has 0 aliphatic heterocycles. The van der Waals surface area contributed by atoms with Crippen molar-refractivity contribution in [2.75, 3.05) is 72.7 Å². The molecule has 0 bridgehead atoms. The fourth-order valence-electron chi connectivity index (χ4n) is 3.19. The summed E-state index contributed by atoms with van der Waals surface area (Å²) in [5.41, 5.74) is 0.388. The lowest BCUT2D eigenvalue weighted by molar-refractivity contribution is -0.0153. The number of aromatic hydroxyl groups is 1. The summed E-state index contributed by atoms with van der Waals surface area (Å²) in [5.74, 6) is -0.342. The first-order valence-corrected chi connectivity index (χ1v) is 13.1. The smallest absolute Gasteiger partial charge is 0.338 e. The second-order valence-electron chi connectivity index (χ2n) is 8.22. The molecule has 1 aromatic rings. The van der Waals surface area contributed by atoms with Crippen LogP contribution in [0.25, 0.3) is 0 Å². The van der Waals surface area contributed by atoms with Crippen molar-refractivity contribution in [3.05, 3.63) is 29.8 Å². The minimum Gasteiger partial charge on any atom is -0.508 e. The monoisotopic (exact) mass is 498 g/mol. The number of hydrogen-bond donors (Lipinski definition) is 1. The van der Waals surface area contributed by atoms with E-state index in [2.05, 4.69) is 6.92 Å². The quantitative estimate of drug-likeness (QED) is 0.152. The summed E-state index contributed by atoms with van der Waals surface area (Å²) in [7, 11) is 0. The fourth-order valence-corrected chi connectivity index (χ4v) is 3.19. The van der Waals surface area contributed by atoms with E-state index in [1.54, 1.807) is 0 Å². The lowest BCUT2D eigenvalue weighted by atomic mass is 10.1. The van der Waals surface area contributed by atoms with Crippen molar-refractivity contribution in [2.24, 2.45) is 0 Å². The lowest BCUT2D eigenvalue weighted by Gasteiger charge is -2.08. The molecule has 0 saturated heterocycles. The highest BCUT2D eigenvalue weighted by molar-refractivity contribution is 5.89. The van der Waals surface area contributed by atoms with E-state index in [4.69, 9.17) is 28.4 Å². The SMILES string of the molecule is CCCCCCCCCCOCCOCCOCCOCCOCCOC(=O)c1ccc(O)cc1. The normalized spacial score (nSPS) is 11.1. The minimum absolute atomic E-state index is 0.105. The van der Waals surface area contributed by atoms with Gasteiger partial charge in [0.15, 0.2) is 0 Å². The number of carbonyl (C=O) groups is 1. The van der Waals surface area contributed by atoms with Crippen LogP contribution in [0, 0.1) is 0 Å². The van der Waals surface area contributed by atoms with Gasteiger partial charge in [-0.1, -0.05) is 51.9 Å². The predicted molar refractivity (Wildman–Crippen MR) is 135 cm³/mol. The third kappa shape index (κ3) is 20.2. The van der Waals surface area contributed by atoms with E-state index in [1.165, 1.54) is 69.2 Å². The maximum atomic E-state index is 11.8. The standard InChI is InChI=1S/C27H46O8/c1-2-3-4-5-6-7-8-9-14-30-15-16-31-17-18-32-19-20-33-21-22-34-23-24-35-27(29)25-10-12-26(28)13-11-25/h10-13,28H,2-9,14-24H2,1H3. The van der Waals surface area contributed by atoms with Crippen molar-refractivity contribution in [3.63, 3.8) is 0 Å². The van der Waals surface area contributed by atoms with Gasteiger partial charge in [0.2, 0.25) is 0 Å². The Balaban J connectivity index is 1.70. The lowest BCUT2D eigenvalue weighted by Crippen LogP contribution is -2.15. The Morgan fingerprint density at radius 3 is 1.46 bits per heavy atom. The Labute approximate surface area is 211 Å². The van der Waals surface area contributed by atoms with Gasteiger partial charge < -0.3 is 33.5 Å². The van der Waals surface area contributed by atoms with Gasteiger partial charge in [-0.2, -0.15) is 0 Å². The van der Waals surface area contributed by atoms with E-state index in [-0.39, 0.29) is 12.4 Å². The summed E-state index contributed by atoms with van der Waals surface area (Å²) >= 11 is 0. The van der Waals surface area contributed by atoms with Gasteiger partial charge in [0, 0.05) is 6.61 Å². The van der Waals surface area contributed by atoms with Gasteiger partial charge in [-0.05, 0) is 30.7 Å². The number of unbranched alkanes of at least 4 members (excludes halogenated alkanes) is 7. The van der Waals surface area contributed by atoms with E-state index in [0.717, 1.165) is 13.0 Å². The summed E-state index contributed by atoms with van der Waals surface area (Å²) in [4.78, 5) is 11.8. The molecule has 0 radical (unpaired) electrons. The average molecular weight is 499 g/mol. The van der Waals surface area contributed by atoms with Crippen molar-refractivity contribution >= 4 is 5.97 Å². The maximum Gasteiger partial charge on any atom is 0.338 e. The Kier molecular flexibility index (Phi) is 21.5. The van der Waals surface area contributed by atoms with Gasteiger partial charge in [0.1, 0.15) is 12.4 Å². The molecule has 0 spiro atoms. The molecular weight excluding hydrogens is 452 g/mol. The van der Waals surface area contributed by atoms with E-state index < -0.39 is 5.97 Å². The molecule has 0 aliphatic carbocycles. The number of carbonyl (C=O) groups excluding carboxylic acids is 1. The molecule has 0 atom stereocenters. The minimum atomic E-state index is -0.447. The molecule has 0 heterocycles. The van der Waals surface area contributed by atoms with Crippen LogP contribution in [0.2, 0.25) is 0 Å². The molecule has 8 heteroatoms. The van der Waals surface area contributed by atoms with Gasteiger partial charge >= 0.3 is 5.97 Å². The molecule has 8 nitrogen and oxygen atoms in total. The van der Waals surface area contributed by atoms with Crippen molar-refractivity contribution in [1.82, 2.24) is 0 Å². The zero-order chi connectivity index (χ0) is 25.2. The first-order chi connectivity index (χ1) is 17.2. The highest BCUT2D eigenvalue weighted by Crippen LogP contribution is 2.10. The van der Waals surface area contributed by atoms with Crippen molar-refractivity contribution < 1.29 is 38.3 Å². The molecule has 1 aromatic carbocycles. The van der Waals surface area contributed by atoms with E-state index in [1.807, 2.05) is 0 Å². The number of ether oxygens (including phenoxy) is 6. The first kappa shape index (κ1) is 31.3. The van der Waals surface area contributed by atoms with Gasteiger partial charge in [0.05, 0.1) is 65.0 Å². The second-order valence-corrected chi connectivity index (χ2v) is 8.22. The molecule has 0 aromatic heterocycles. The van der Waals surface area contributed by atoms with Crippen LogP contribution in [0.5, 0.6) is 5.75 Å². The van der Waals surface area contributed by atoms with Crippen molar-refractivity contribution in [3.8, 4) is 5.75 Å². The molecular formula is C27H46O8. The molecule has 0 unspecified atom stereocenters. The summed E-state index contributed by atoms with van der Waals surface area (Å²) in [6, 6.07) is 5.90. The van der Waals surface area contributed by atoms with Crippen LogP contribution in [0.1, 0.15) is 68.6 Å². The number of phenolic OH excluding ortho intramolecular Hbond substituents is 1. The first-order valence-electron chi connectivity index (χ1n) is 13.1. The highest BCUT2D eigenvalue weighted by Gasteiger charge is 2.06. The third-order valence-electron chi connectivity index (χ3n) is 5.19. The molecule has 202 valence electrons. The van der Waals surface area contributed by atoms with Crippen LogP contribution in [-0.4, -0.2) is 83.8 Å².